The third-order valence-electron chi connectivity index (χ3n) is 3.05. The number of nitrogens with one attached hydrogen (secondary N) is 1. The van der Waals surface area contributed by atoms with Crippen LogP contribution in [0.25, 0.3) is 0 Å². The van der Waals surface area contributed by atoms with E-state index in [1.807, 2.05) is 32.4 Å². The molecule has 0 fully saturated rings. The average molecular weight is 388 g/mol. The topological polar surface area (TPSA) is 45.7 Å². The first-order valence-electron chi connectivity index (χ1n) is 6.23. The molecule has 110 valence electrons. The van der Waals surface area contributed by atoms with Crippen molar-refractivity contribution in [2.45, 2.75) is 13.1 Å². The summed E-state index contributed by atoms with van der Waals surface area (Å²) in [5.41, 5.74) is 2.35. The lowest BCUT2D eigenvalue weighted by atomic mass is 10.3. The van der Waals surface area contributed by atoms with Crippen molar-refractivity contribution in [3.05, 3.63) is 48.2 Å². The van der Waals surface area contributed by atoms with Gasteiger partial charge in [0, 0.05) is 45.1 Å². The van der Waals surface area contributed by atoms with Crippen molar-refractivity contribution in [1.82, 2.24) is 14.8 Å². The van der Waals surface area contributed by atoms with E-state index >= 15 is 0 Å². The number of aliphatic imine (C=N–C) groups is 1. The molecule has 0 amide bonds. The minimum absolute atomic E-state index is 0. The Bertz CT molecular complexity index is 533. The predicted molar refractivity (Wildman–Crippen MR) is 91.2 cm³/mol. The van der Waals surface area contributed by atoms with Crippen molar-refractivity contribution < 1.29 is 4.42 Å². The number of aromatic nitrogens is 1. The molecule has 1 N–H and O–H groups in total. The summed E-state index contributed by atoms with van der Waals surface area (Å²) in [7, 11) is 5.86. The van der Waals surface area contributed by atoms with Gasteiger partial charge in [-0.25, -0.2) is 0 Å². The number of nitrogens with zero attached hydrogens (tertiary/aromatic N) is 3. The van der Waals surface area contributed by atoms with Crippen LogP contribution in [0.2, 0.25) is 0 Å². The van der Waals surface area contributed by atoms with E-state index in [9.17, 15) is 0 Å². The van der Waals surface area contributed by atoms with Gasteiger partial charge in [-0.2, -0.15) is 0 Å². The molecule has 5 nitrogen and oxygen atoms in total. The summed E-state index contributed by atoms with van der Waals surface area (Å²) in [5, 5.41) is 3.31. The van der Waals surface area contributed by atoms with Gasteiger partial charge >= 0.3 is 0 Å². The Morgan fingerprint density at radius 3 is 2.80 bits per heavy atom. The van der Waals surface area contributed by atoms with E-state index in [4.69, 9.17) is 4.42 Å². The first kappa shape index (κ1) is 16.6. The van der Waals surface area contributed by atoms with Gasteiger partial charge in [-0.15, -0.1) is 24.0 Å². The molecule has 0 aliphatic carbocycles. The second kappa shape index (κ2) is 7.98. The van der Waals surface area contributed by atoms with E-state index < -0.39 is 0 Å². The highest BCUT2D eigenvalue weighted by atomic mass is 127. The summed E-state index contributed by atoms with van der Waals surface area (Å²) >= 11 is 0. The molecule has 0 aromatic carbocycles. The van der Waals surface area contributed by atoms with Gasteiger partial charge in [0.2, 0.25) is 0 Å². The number of hydrogen-bond acceptors (Lipinski definition) is 2. The normalized spacial score (nSPS) is 11.1. The van der Waals surface area contributed by atoms with Crippen LogP contribution in [0, 0.1) is 0 Å². The van der Waals surface area contributed by atoms with Crippen molar-refractivity contribution in [1.29, 1.82) is 0 Å². The van der Waals surface area contributed by atoms with Crippen molar-refractivity contribution in [2.75, 3.05) is 14.1 Å². The van der Waals surface area contributed by atoms with Gasteiger partial charge in [-0.1, -0.05) is 0 Å². The van der Waals surface area contributed by atoms with Gasteiger partial charge in [0.05, 0.1) is 19.1 Å². The molecular weight excluding hydrogens is 367 g/mol. The second-order valence-electron chi connectivity index (χ2n) is 4.50. The van der Waals surface area contributed by atoms with Crippen LogP contribution in [0.1, 0.15) is 11.3 Å². The van der Waals surface area contributed by atoms with Crippen molar-refractivity contribution in [2.24, 2.45) is 12.0 Å². The fraction of sp³-hybridized carbons (Fsp3) is 0.357. The Kier molecular flexibility index (Phi) is 6.63. The lowest BCUT2D eigenvalue weighted by Crippen LogP contribution is -2.38. The SMILES string of the molecule is CN=C(NCc1ccoc1)N(C)Cc1cccn1C.I. The Hall–Kier alpha value is -1.44. The van der Waals surface area contributed by atoms with Crippen LogP contribution < -0.4 is 5.32 Å². The zero-order valence-corrected chi connectivity index (χ0v) is 14.4. The molecule has 0 radical (unpaired) electrons. The number of halogens is 1. The molecular formula is C14H21IN4O. The van der Waals surface area contributed by atoms with Gasteiger partial charge in [0.15, 0.2) is 5.96 Å². The van der Waals surface area contributed by atoms with Gasteiger partial charge in [0.1, 0.15) is 0 Å². The Balaban J connectivity index is 0.00000200. The van der Waals surface area contributed by atoms with E-state index in [0.717, 1.165) is 18.1 Å². The molecule has 0 aliphatic heterocycles. The molecule has 2 rings (SSSR count). The zero-order chi connectivity index (χ0) is 13.7. The first-order chi connectivity index (χ1) is 9.20. The predicted octanol–water partition coefficient (Wildman–Crippen LogP) is 2.44. The molecule has 0 aliphatic rings. The van der Waals surface area contributed by atoms with E-state index in [-0.39, 0.29) is 24.0 Å². The lowest BCUT2D eigenvalue weighted by molar-refractivity contribution is 0.461. The van der Waals surface area contributed by atoms with Crippen LogP contribution in [0.4, 0.5) is 0 Å². The average Bonchev–Trinajstić information content (AvgIpc) is 3.03. The fourth-order valence-electron chi connectivity index (χ4n) is 1.94. The molecule has 0 unspecified atom stereocenters. The van der Waals surface area contributed by atoms with Gasteiger partial charge in [-0.05, 0) is 18.2 Å². The molecule has 2 aromatic rings. The summed E-state index contributed by atoms with van der Waals surface area (Å²) in [6, 6.07) is 6.10. The molecule has 20 heavy (non-hydrogen) atoms. The number of aryl methyl sites for hydroxylation is 1. The minimum Gasteiger partial charge on any atom is -0.472 e. The monoisotopic (exact) mass is 388 g/mol. The Morgan fingerprint density at radius 2 is 2.25 bits per heavy atom. The van der Waals surface area contributed by atoms with Crippen LogP contribution in [0.15, 0.2) is 46.3 Å². The van der Waals surface area contributed by atoms with Crippen LogP contribution in [-0.2, 0) is 20.1 Å². The molecule has 0 bridgehead atoms. The molecule has 2 heterocycles. The molecule has 0 atom stereocenters. The summed E-state index contributed by atoms with van der Waals surface area (Å²) in [5.74, 6) is 0.863. The second-order valence-corrected chi connectivity index (χ2v) is 4.50. The molecule has 0 saturated carbocycles. The summed E-state index contributed by atoms with van der Waals surface area (Å²) in [4.78, 5) is 6.38. The van der Waals surface area contributed by atoms with Gasteiger partial charge < -0.3 is 19.2 Å². The number of rotatable bonds is 4. The molecule has 2 aromatic heterocycles. The maximum Gasteiger partial charge on any atom is 0.194 e. The third kappa shape index (κ3) is 4.29. The maximum atomic E-state index is 5.05. The maximum absolute atomic E-state index is 5.05. The summed E-state index contributed by atoms with van der Waals surface area (Å²) in [6.07, 6.45) is 5.45. The highest BCUT2D eigenvalue weighted by Crippen LogP contribution is 2.04. The van der Waals surface area contributed by atoms with Crippen molar-refractivity contribution in [3.8, 4) is 0 Å². The lowest BCUT2D eigenvalue weighted by Gasteiger charge is -2.22. The van der Waals surface area contributed by atoms with E-state index in [1.54, 1.807) is 19.6 Å². The minimum atomic E-state index is 0. The largest absolute Gasteiger partial charge is 0.472 e. The first-order valence-corrected chi connectivity index (χ1v) is 6.23. The van der Waals surface area contributed by atoms with E-state index in [2.05, 4.69) is 25.8 Å². The zero-order valence-electron chi connectivity index (χ0n) is 12.0. The van der Waals surface area contributed by atoms with Crippen molar-refractivity contribution in [3.63, 3.8) is 0 Å². The van der Waals surface area contributed by atoms with Gasteiger partial charge in [0.25, 0.3) is 0 Å². The number of hydrogen-bond donors (Lipinski definition) is 1. The summed E-state index contributed by atoms with van der Waals surface area (Å²) in [6.45, 7) is 1.52. The molecule has 6 heteroatoms. The van der Waals surface area contributed by atoms with Crippen LogP contribution in [0.3, 0.4) is 0 Å². The van der Waals surface area contributed by atoms with Gasteiger partial charge in [-0.3, -0.25) is 4.99 Å². The van der Waals surface area contributed by atoms with E-state index in [1.165, 1.54) is 5.69 Å². The van der Waals surface area contributed by atoms with Crippen molar-refractivity contribution >= 4 is 29.9 Å². The smallest absolute Gasteiger partial charge is 0.194 e. The quantitative estimate of drug-likeness (QED) is 0.497. The standard InChI is InChI=1S/C14H20N4O.HI/c1-15-14(16-9-12-6-8-19-11-12)18(3)10-13-5-4-7-17(13)2;/h4-8,11H,9-10H2,1-3H3,(H,15,16);1H. The number of guanidine groups is 1. The Labute approximate surface area is 136 Å². The molecule has 0 spiro atoms. The molecule has 0 saturated heterocycles. The van der Waals surface area contributed by atoms with Crippen LogP contribution in [-0.4, -0.2) is 29.5 Å². The summed E-state index contributed by atoms with van der Waals surface area (Å²) < 4.78 is 7.16. The number of furan rings is 1. The Morgan fingerprint density at radius 1 is 1.45 bits per heavy atom. The third-order valence-corrected chi connectivity index (χ3v) is 3.05. The van der Waals surface area contributed by atoms with Crippen LogP contribution >= 0.6 is 24.0 Å². The fourth-order valence-corrected chi connectivity index (χ4v) is 1.94. The highest BCUT2D eigenvalue weighted by molar-refractivity contribution is 14.0. The van der Waals surface area contributed by atoms with E-state index in [0.29, 0.717) is 6.54 Å². The van der Waals surface area contributed by atoms with Crippen LogP contribution in [0.5, 0.6) is 0 Å². The highest BCUT2D eigenvalue weighted by Gasteiger charge is 2.08.